The summed E-state index contributed by atoms with van der Waals surface area (Å²) in [4.78, 5) is 21.3. The van der Waals surface area contributed by atoms with Crippen LogP contribution in [0, 0.1) is 0 Å². The van der Waals surface area contributed by atoms with Gasteiger partial charge in [0, 0.05) is 51.2 Å². The molecule has 1 saturated heterocycles. The van der Waals surface area contributed by atoms with Crippen molar-refractivity contribution in [3.05, 3.63) is 22.4 Å². The number of amides is 1. The van der Waals surface area contributed by atoms with E-state index in [1.807, 2.05) is 13.8 Å². The van der Waals surface area contributed by atoms with Gasteiger partial charge < -0.3 is 15.5 Å². The topological polar surface area (TPSA) is 60.0 Å². The van der Waals surface area contributed by atoms with Crippen LogP contribution in [0.3, 0.4) is 0 Å². The van der Waals surface area contributed by atoms with Gasteiger partial charge in [0.05, 0.1) is 6.54 Å². The largest absolute Gasteiger partial charge is 0.357 e. The van der Waals surface area contributed by atoms with E-state index in [0.29, 0.717) is 12.5 Å². The fourth-order valence-corrected chi connectivity index (χ4v) is 3.78. The zero-order valence-corrected chi connectivity index (χ0v) is 20.0. The van der Waals surface area contributed by atoms with Crippen molar-refractivity contribution in [2.45, 2.75) is 39.7 Å². The molecule has 1 aromatic rings. The molecular weight excluding hydrogens is 473 g/mol. The maximum absolute atomic E-state index is 11.9. The molecule has 8 heteroatoms. The second-order valence-corrected chi connectivity index (χ2v) is 7.92. The Labute approximate surface area is 184 Å². The monoisotopic (exact) mass is 507 g/mol. The van der Waals surface area contributed by atoms with Gasteiger partial charge >= 0.3 is 0 Å². The van der Waals surface area contributed by atoms with Crippen molar-refractivity contribution in [2.24, 2.45) is 4.99 Å². The average molecular weight is 507 g/mol. The zero-order chi connectivity index (χ0) is 18.9. The Hall–Kier alpha value is -0.870. The number of carbonyl (C=O) groups is 1. The summed E-state index contributed by atoms with van der Waals surface area (Å²) < 4.78 is 0. The van der Waals surface area contributed by atoms with Gasteiger partial charge in [0.25, 0.3) is 0 Å². The summed E-state index contributed by atoms with van der Waals surface area (Å²) in [5.74, 6) is 1.52. The predicted octanol–water partition coefficient (Wildman–Crippen LogP) is 2.58. The smallest absolute Gasteiger partial charge is 0.234 e. The van der Waals surface area contributed by atoms with E-state index in [9.17, 15) is 4.79 Å². The first-order chi connectivity index (χ1) is 12.5. The fourth-order valence-electron chi connectivity index (χ4n) is 3.00. The predicted molar refractivity (Wildman–Crippen MR) is 125 cm³/mol. The number of carbonyl (C=O) groups excluding carboxylic acids is 1. The first-order valence-corrected chi connectivity index (χ1v) is 10.5. The van der Waals surface area contributed by atoms with Crippen LogP contribution in [0.25, 0.3) is 0 Å². The molecule has 2 heterocycles. The summed E-state index contributed by atoms with van der Waals surface area (Å²) in [6.07, 6.45) is 0. The van der Waals surface area contributed by atoms with Gasteiger partial charge in [-0.15, -0.1) is 24.0 Å². The van der Waals surface area contributed by atoms with Gasteiger partial charge in [0.2, 0.25) is 5.91 Å². The number of nitrogens with zero attached hydrogens (tertiary/aromatic N) is 3. The van der Waals surface area contributed by atoms with E-state index in [4.69, 9.17) is 4.99 Å². The Balaban J connectivity index is 0.00000364. The van der Waals surface area contributed by atoms with E-state index in [0.717, 1.165) is 45.2 Å². The van der Waals surface area contributed by atoms with Crippen molar-refractivity contribution in [1.82, 2.24) is 20.4 Å². The van der Waals surface area contributed by atoms with Crippen LogP contribution in [0.15, 0.2) is 21.8 Å². The van der Waals surface area contributed by atoms with E-state index >= 15 is 0 Å². The number of aliphatic imine (C=N–C) groups is 1. The van der Waals surface area contributed by atoms with Gasteiger partial charge in [-0.25, -0.2) is 0 Å². The summed E-state index contributed by atoms with van der Waals surface area (Å²) in [5, 5.41) is 10.7. The Morgan fingerprint density at radius 2 is 1.96 bits per heavy atom. The number of rotatable bonds is 7. The lowest BCUT2D eigenvalue weighted by atomic mass is 10.1. The van der Waals surface area contributed by atoms with Crippen LogP contribution >= 0.6 is 35.3 Å². The standard InChI is InChI=1S/C19H33N5OS.HI/c1-5-20-19(21-12-16(4)17-6-11-26-14-17)24-9-7-23(8-10-24)13-18(25)22-15(2)3;/h6,11,14-16H,5,7-10,12-13H2,1-4H3,(H,20,21)(H,22,25);1H. The van der Waals surface area contributed by atoms with Crippen LogP contribution in [0.4, 0.5) is 0 Å². The van der Waals surface area contributed by atoms with E-state index < -0.39 is 0 Å². The van der Waals surface area contributed by atoms with Gasteiger partial charge in [0.15, 0.2) is 5.96 Å². The highest BCUT2D eigenvalue weighted by Crippen LogP contribution is 2.18. The molecular formula is C19H34IN5OS. The molecule has 1 fully saturated rings. The third-order valence-electron chi connectivity index (χ3n) is 4.45. The highest BCUT2D eigenvalue weighted by molar-refractivity contribution is 14.0. The molecule has 0 bridgehead atoms. The van der Waals surface area contributed by atoms with Crippen molar-refractivity contribution < 1.29 is 4.79 Å². The molecule has 27 heavy (non-hydrogen) atoms. The molecule has 1 unspecified atom stereocenters. The second-order valence-electron chi connectivity index (χ2n) is 7.14. The summed E-state index contributed by atoms with van der Waals surface area (Å²) >= 11 is 1.74. The molecule has 1 aliphatic heterocycles. The third-order valence-corrected chi connectivity index (χ3v) is 5.15. The van der Waals surface area contributed by atoms with Crippen LogP contribution in [0.1, 0.15) is 39.2 Å². The van der Waals surface area contributed by atoms with Crippen molar-refractivity contribution in [3.8, 4) is 0 Å². The molecule has 0 aliphatic carbocycles. The van der Waals surface area contributed by atoms with Crippen molar-refractivity contribution >= 4 is 47.2 Å². The first kappa shape index (κ1) is 24.2. The van der Waals surface area contributed by atoms with Crippen molar-refractivity contribution in [1.29, 1.82) is 0 Å². The second kappa shape index (κ2) is 12.6. The minimum Gasteiger partial charge on any atom is -0.357 e. The lowest BCUT2D eigenvalue weighted by Gasteiger charge is -2.36. The lowest BCUT2D eigenvalue weighted by molar-refractivity contribution is -0.123. The molecule has 0 spiro atoms. The summed E-state index contributed by atoms with van der Waals surface area (Å²) in [6.45, 7) is 14.0. The van der Waals surface area contributed by atoms with E-state index in [2.05, 4.69) is 51.1 Å². The number of hydrogen-bond acceptors (Lipinski definition) is 4. The van der Waals surface area contributed by atoms with E-state index in [1.165, 1.54) is 5.56 Å². The van der Waals surface area contributed by atoms with Gasteiger partial charge in [0.1, 0.15) is 0 Å². The van der Waals surface area contributed by atoms with Gasteiger partial charge in [-0.3, -0.25) is 14.7 Å². The highest BCUT2D eigenvalue weighted by Gasteiger charge is 2.21. The zero-order valence-electron chi connectivity index (χ0n) is 16.9. The normalized spacial score (nSPS) is 16.8. The molecule has 1 amide bonds. The summed E-state index contributed by atoms with van der Waals surface area (Å²) in [7, 11) is 0. The number of piperazine rings is 1. The molecule has 0 aromatic carbocycles. The summed E-state index contributed by atoms with van der Waals surface area (Å²) in [5.41, 5.74) is 1.36. The Bertz CT molecular complexity index is 571. The minimum atomic E-state index is 0. The molecule has 1 atom stereocenters. The molecule has 1 aromatic heterocycles. The summed E-state index contributed by atoms with van der Waals surface area (Å²) in [6, 6.07) is 2.38. The Morgan fingerprint density at radius 1 is 1.26 bits per heavy atom. The van der Waals surface area contributed by atoms with Crippen molar-refractivity contribution in [3.63, 3.8) is 0 Å². The molecule has 6 nitrogen and oxygen atoms in total. The van der Waals surface area contributed by atoms with Gasteiger partial charge in [-0.2, -0.15) is 11.3 Å². The van der Waals surface area contributed by atoms with E-state index in [-0.39, 0.29) is 35.9 Å². The van der Waals surface area contributed by atoms with Crippen LogP contribution in [0.5, 0.6) is 0 Å². The fraction of sp³-hybridized carbons (Fsp3) is 0.684. The molecule has 1 aliphatic rings. The van der Waals surface area contributed by atoms with Crippen LogP contribution in [0.2, 0.25) is 0 Å². The molecule has 154 valence electrons. The molecule has 2 N–H and O–H groups in total. The maximum Gasteiger partial charge on any atom is 0.234 e. The number of guanidine groups is 1. The average Bonchev–Trinajstić information content (AvgIpc) is 3.13. The number of thiophene rings is 1. The molecule has 0 saturated carbocycles. The van der Waals surface area contributed by atoms with Crippen LogP contribution in [-0.4, -0.2) is 73.5 Å². The van der Waals surface area contributed by atoms with Gasteiger partial charge in [-0.05, 0) is 43.2 Å². The van der Waals surface area contributed by atoms with Gasteiger partial charge in [-0.1, -0.05) is 6.92 Å². The lowest BCUT2D eigenvalue weighted by Crippen LogP contribution is -2.54. The van der Waals surface area contributed by atoms with Crippen LogP contribution < -0.4 is 10.6 Å². The Morgan fingerprint density at radius 3 is 2.52 bits per heavy atom. The molecule has 2 rings (SSSR count). The maximum atomic E-state index is 11.9. The third kappa shape index (κ3) is 8.35. The number of nitrogens with one attached hydrogen (secondary N) is 2. The SMILES string of the molecule is CCNC(=NCC(C)c1ccsc1)N1CCN(CC(=O)NC(C)C)CC1.I. The number of halogens is 1. The van der Waals surface area contributed by atoms with Crippen LogP contribution in [-0.2, 0) is 4.79 Å². The first-order valence-electron chi connectivity index (χ1n) is 9.56. The van der Waals surface area contributed by atoms with Crippen molar-refractivity contribution in [2.75, 3.05) is 45.8 Å². The van der Waals surface area contributed by atoms with E-state index in [1.54, 1.807) is 11.3 Å². The Kier molecular flexibility index (Phi) is 11.2. The molecule has 0 radical (unpaired) electrons. The number of hydrogen-bond donors (Lipinski definition) is 2. The highest BCUT2D eigenvalue weighted by atomic mass is 127. The quantitative estimate of drug-likeness (QED) is 0.339. The minimum absolute atomic E-state index is 0.